The number of anilines is 1. The standard InChI is InChI=1S/C11H8FN3O3/c12-7-1-2-10(9(5-7)13-6-16)15-4-3-8(14-15)11(17)18/h1-6H,(H,13,16)(H,17,18). The molecule has 2 aromatic rings. The number of hydrogen-bond acceptors (Lipinski definition) is 3. The monoisotopic (exact) mass is 249 g/mol. The molecule has 0 aliphatic heterocycles. The van der Waals surface area contributed by atoms with Gasteiger partial charge >= 0.3 is 5.97 Å². The van der Waals surface area contributed by atoms with Crippen LogP contribution >= 0.6 is 0 Å². The molecule has 0 radical (unpaired) electrons. The second kappa shape index (κ2) is 4.66. The number of carboxylic acids is 1. The van der Waals surface area contributed by atoms with Crippen molar-refractivity contribution in [2.45, 2.75) is 0 Å². The summed E-state index contributed by atoms with van der Waals surface area (Å²) in [7, 11) is 0. The van der Waals surface area contributed by atoms with E-state index in [4.69, 9.17) is 5.11 Å². The lowest BCUT2D eigenvalue weighted by Crippen LogP contribution is -2.05. The molecule has 0 unspecified atom stereocenters. The van der Waals surface area contributed by atoms with Crippen LogP contribution < -0.4 is 5.32 Å². The Labute approximate surface area is 101 Å². The number of aromatic carboxylic acids is 1. The minimum absolute atomic E-state index is 0.142. The lowest BCUT2D eigenvalue weighted by Gasteiger charge is -2.08. The zero-order chi connectivity index (χ0) is 13.1. The van der Waals surface area contributed by atoms with Crippen LogP contribution in [0.1, 0.15) is 10.5 Å². The lowest BCUT2D eigenvalue weighted by atomic mass is 10.2. The highest BCUT2D eigenvalue weighted by molar-refractivity contribution is 5.85. The van der Waals surface area contributed by atoms with E-state index in [9.17, 15) is 14.0 Å². The number of carboxylic acid groups (broad SMARTS) is 1. The number of carbonyl (C=O) groups excluding carboxylic acids is 1. The predicted molar refractivity (Wildman–Crippen MR) is 60.2 cm³/mol. The molecule has 6 nitrogen and oxygen atoms in total. The van der Waals surface area contributed by atoms with Crippen molar-refractivity contribution in [3.8, 4) is 5.69 Å². The Morgan fingerprint density at radius 1 is 1.44 bits per heavy atom. The van der Waals surface area contributed by atoms with E-state index in [1.807, 2.05) is 0 Å². The van der Waals surface area contributed by atoms with Crippen LogP contribution in [0.25, 0.3) is 5.69 Å². The maximum Gasteiger partial charge on any atom is 0.356 e. The molecule has 0 fully saturated rings. The molecule has 0 bridgehead atoms. The number of rotatable bonds is 4. The molecule has 7 heteroatoms. The SMILES string of the molecule is O=CNc1cc(F)ccc1-n1ccc(C(=O)O)n1. The molecular weight excluding hydrogens is 241 g/mol. The van der Waals surface area contributed by atoms with E-state index in [-0.39, 0.29) is 11.4 Å². The van der Waals surface area contributed by atoms with Gasteiger partial charge in [-0.15, -0.1) is 0 Å². The quantitative estimate of drug-likeness (QED) is 0.799. The molecule has 0 atom stereocenters. The summed E-state index contributed by atoms with van der Waals surface area (Å²) in [5.74, 6) is -1.69. The molecular formula is C11H8FN3O3. The number of amides is 1. The molecule has 1 aromatic carbocycles. The summed E-state index contributed by atoms with van der Waals surface area (Å²) in [6.07, 6.45) is 1.81. The summed E-state index contributed by atoms with van der Waals surface area (Å²) in [6, 6.07) is 5.00. The molecule has 92 valence electrons. The van der Waals surface area contributed by atoms with Gasteiger partial charge in [-0.3, -0.25) is 4.79 Å². The number of benzene rings is 1. The molecule has 2 rings (SSSR count). The van der Waals surface area contributed by atoms with Crippen molar-refractivity contribution in [1.82, 2.24) is 9.78 Å². The summed E-state index contributed by atoms with van der Waals surface area (Å²) in [5.41, 5.74) is 0.428. The van der Waals surface area contributed by atoms with Crippen LogP contribution in [0.4, 0.5) is 10.1 Å². The molecule has 0 aliphatic rings. The highest BCUT2D eigenvalue weighted by atomic mass is 19.1. The van der Waals surface area contributed by atoms with Gasteiger partial charge in [0.05, 0.1) is 11.4 Å². The fourth-order valence-electron chi connectivity index (χ4n) is 1.46. The summed E-state index contributed by atoms with van der Waals surface area (Å²) in [6.45, 7) is 0. The largest absolute Gasteiger partial charge is 0.476 e. The zero-order valence-corrected chi connectivity index (χ0v) is 9.00. The zero-order valence-electron chi connectivity index (χ0n) is 9.00. The second-order valence-electron chi connectivity index (χ2n) is 3.37. The van der Waals surface area contributed by atoms with Gasteiger partial charge in [-0.2, -0.15) is 5.10 Å². The Balaban J connectivity index is 2.48. The predicted octanol–water partition coefficient (Wildman–Crippen LogP) is 1.28. The number of aromatic nitrogens is 2. The topological polar surface area (TPSA) is 84.2 Å². The van der Waals surface area contributed by atoms with Gasteiger partial charge in [0.15, 0.2) is 5.69 Å². The van der Waals surface area contributed by atoms with E-state index in [1.54, 1.807) is 0 Å². The highest BCUT2D eigenvalue weighted by Gasteiger charge is 2.11. The highest BCUT2D eigenvalue weighted by Crippen LogP contribution is 2.20. The number of hydrogen-bond donors (Lipinski definition) is 2. The molecule has 2 N–H and O–H groups in total. The van der Waals surface area contributed by atoms with Gasteiger partial charge in [-0.05, 0) is 24.3 Å². The van der Waals surface area contributed by atoms with Crippen molar-refractivity contribution in [2.24, 2.45) is 0 Å². The van der Waals surface area contributed by atoms with Gasteiger partial charge in [-0.25, -0.2) is 13.9 Å². The van der Waals surface area contributed by atoms with Crippen molar-refractivity contribution in [1.29, 1.82) is 0 Å². The average Bonchev–Trinajstić information content (AvgIpc) is 2.79. The molecule has 0 saturated heterocycles. The molecule has 0 spiro atoms. The molecule has 1 amide bonds. The molecule has 18 heavy (non-hydrogen) atoms. The Kier molecular flexibility index (Phi) is 3.05. The molecule has 1 aromatic heterocycles. The van der Waals surface area contributed by atoms with Gasteiger partial charge in [-0.1, -0.05) is 0 Å². The van der Waals surface area contributed by atoms with E-state index in [0.29, 0.717) is 12.1 Å². The van der Waals surface area contributed by atoms with Crippen molar-refractivity contribution in [3.63, 3.8) is 0 Å². The normalized spacial score (nSPS) is 10.1. The first-order chi connectivity index (χ1) is 8.61. The van der Waals surface area contributed by atoms with Crippen molar-refractivity contribution < 1.29 is 19.1 Å². The van der Waals surface area contributed by atoms with Crippen LogP contribution in [0.3, 0.4) is 0 Å². The molecule has 0 aliphatic carbocycles. The number of nitrogens with one attached hydrogen (secondary N) is 1. The van der Waals surface area contributed by atoms with Gasteiger partial charge in [0.2, 0.25) is 6.41 Å². The van der Waals surface area contributed by atoms with Crippen LogP contribution in [0, 0.1) is 5.82 Å². The summed E-state index contributed by atoms with van der Waals surface area (Å²) >= 11 is 0. The molecule has 0 saturated carbocycles. The maximum atomic E-state index is 13.0. The van der Waals surface area contributed by atoms with Gasteiger partial charge in [0.25, 0.3) is 0 Å². The Hall–Kier alpha value is -2.70. The maximum absolute atomic E-state index is 13.0. The van der Waals surface area contributed by atoms with E-state index >= 15 is 0 Å². The van der Waals surface area contributed by atoms with Gasteiger partial charge in [0, 0.05) is 6.20 Å². The third-order valence-corrected chi connectivity index (χ3v) is 2.23. The van der Waals surface area contributed by atoms with E-state index < -0.39 is 11.8 Å². The number of halogens is 1. The smallest absolute Gasteiger partial charge is 0.356 e. The van der Waals surface area contributed by atoms with E-state index in [1.165, 1.54) is 29.1 Å². The molecule has 1 heterocycles. The summed E-state index contributed by atoms with van der Waals surface area (Å²) in [4.78, 5) is 21.1. The van der Waals surface area contributed by atoms with Crippen molar-refractivity contribution in [2.75, 3.05) is 5.32 Å². The fraction of sp³-hybridized carbons (Fsp3) is 0. The minimum atomic E-state index is -1.17. The van der Waals surface area contributed by atoms with Crippen LogP contribution in [-0.2, 0) is 4.79 Å². The van der Waals surface area contributed by atoms with E-state index in [2.05, 4.69) is 10.4 Å². The number of nitrogens with zero attached hydrogens (tertiary/aromatic N) is 2. The average molecular weight is 249 g/mol. The third-order valence-electron chi connectivity index (χ3n) is 2.23. The first-order valence-corrected chi connectivity index (χ1v) is 4.91. The van der Waals surface area contributed by atoms with Crippen LogP contribution in [0.5, 0.6) is 0 Å². The summed E-state index contributed by atoms with van der Waals surface area (Å²) < 4.78 is 14.3. The van der Waals surface area contributed by atoms with Gasteiger partial charge in [0.1, 0.15) is 5.82 Å². The minimum Gasteiger partial charge on any atom is -0.476 e. The van der Waals surface area contributed by atoms with Gasteiger partial charge < -0.3 is 10.4 Å². The van der Waals surface area contributed by atoms with E-state index in [0.717, 1.165) is 6.07 Å². The Bertz CT molecular complexity index is 609. The van der Waals surface area contributed by atoms with Crippen molar-refractivity contribution in [3.05, 3.63) is 42.0 Å². The number of carbonyl (C=O) groups is 2. The fourth-order valence-corrected chi connectivity index (χ4v) is 1.46. The Morgan fingerprint density at radius 2 is 2.22 bits per heavy atom. The first-order valence-electron chi connectivity index (χ1n) is 4.91. The van der Waals surface area contributed by atoms with Crippen LogP contribution in [0.2, 0.25) is 0 Å². The third kappa shape index (κ3) is 2.19. The second-order valence-corrected chi connectivity index (χ2v) is 3.37. The van der Waals surface area contributed by atoms with Crippen LogP contribution in [-0.4, -0.2) is 27.3 Å². The Morgan fingerprint density at radius 3 is 2.83 bits per heavy atom. The lowest BCUT2D eigenvalue weighted by molar-refractivity contribution is -0.105. The van der Waals surface area contributed by atoms with Crippen LogP contribution in [0.15, 0.2) is 30.5 Å². The van der Waals surface area contributed by atoms with Crippen molar-refractivity contribution >= 4 is 18.1 Å². The first kappa shape index (κ1) is 11.8. The summed E-state index contributed by atoms with van der Waals surface area (Å²) in [5, 5.41) is 14.9.